The Bertz CT molecular complexity index is 1160. The van der Waals surface area contributed by atoms with Gasteiger partial charge in [-0.3, -0.25) is 0 Å². The van der Waals surface area contributed by atoms with Crippen molar-refractivity contribution in [2.45, 2.75) is 6.92 Å². The van der Waals surface area contributed by atoms with Crippen LogP contribution in [0.15, 0.2) is 60.7 Å². The van der Waals surface area contributed by atoms with Crippen molar-refractivity contribution in [3.05, 3.63) is 77.9 Å². The van der Waals surface area contributed by atoms with Gasteiger partial charge < -0.3 is 10.6 Å². The summed E-state index contributed by atoms with van der Waals surface area (Å²) in [6.07, 6.45) is 0. The Labute approximate surface area is 163 Å². The van der Waals surface area contributed by atoms with Gasteiger partial charge in [-0.2, -0.15) is 0 Å². The minimum absolute atomic E-state index is 0.221. The van der Waals surface area contributed by atoms with Crippen LogP contribution in [0, 0.1) is 18.6 Å². The monoisotopic (exact) mass is 395 g/mol. The summed E-state index contributed by atoms with van der Waals surface area (Å²) >= 11 is 1.60. The molecule has 0 bridgehead atoms. The molecule has 3 aromatic carbocycles. The second kappa shape index (κ2) is 7.36. The number of aromatic nitrogens is 1. The van der Waals surface area contributed by atoms with E-state index in [9.17, 15) is 13.6 Å². The van der Waals surface area contributed by atoms with Crippen LogP contribution in [-0.4, -0.2) is 11.0 Å². The predicted octanol–water partition coefficient (Wildman–Crippen LogP) is 6.19. The van der Waals surface area contributed by atoms with Crippen molar-refractivity contribution < 1.29 is 13.6 Å². The van der Waals surface area contributed by atoms with Crippen LogP contribution in [-0.2, 0) is 0 Å². The zero-order chi connectivity index (χ0) is 19.7. The topological polar surface area (TPSA) is 54.0 Å². The lowest BCUT2D eigenvalue weighted by Crippen LogP contribution is -2.20. The summed E-state index contributed by atoms with van der Waals surface area (Å²) in [5.74, 6) is -1.34. The van der Waals surface area contributed by atoms with E-state index >= 15 is 0 Å². The lowest BCUT2D eigenvalue weighted by atomic mass is 10.1. The van der Waals surface area contributed by atoms with E-state index in [1.54, 1.807) is 17.4 Å². The Morgan fingerprint density at radius 1 is 0.964 bits per heavy atom. The number of aryl methyl sites for hydroxylation is 1. The number of halogens is 2. The summed E-state index contributed by atoms with van der Waals surface area (Å²) in [5, 5.41) is 5.86. The highest BCUT2D eigenvalue weighted by atomic mass is 32.1. The third-order valence-electron chi connectivity index (χ3n) is 4.19. The Morgan fingerprint density at radius 3 is 2.54 bits per heavy atom. The second-order valence-corrected chi connectivity index (χ2v) is 7.25. The van der Waals surface area contributed by atoms with E-state index in [4.69, 9.17) is 0 Å². The lowest BCUT2D eigenvalue weighted by Gasteiger charge is -2.11. The molecule has 0 fully saturated rings. The van der Waals surface area contributed by atoms with Crippen LogP contribution >= 0.6 is 11.3 Å². The van der Waals surface area contributed by atoms with Gasteiger partial charge in [0, 0.05) is 17.3 Å². The van der Waals surface area contributed by atoms with Gasteiger partial charge in [0.25, 0.3) is 0 Å². The fourth-order valence-corrected chi connectivity index (χ4v) is 3.76. The molecule has 1 heterocycles. The minimum Gasteiger partial charge on any atom is -0.307 e. The number of hydrogen-bond donors (Lipinski definition) is 2. The summed E-state index contributed by atoms with van der Waals surface area (Å²) in [5.41, 5.74) is 3.06. The van der Waals surface area contributed by atoms with Crippen LogP contribution in [0.25, 0.3) is 20.8 Å². The van der Waals surface area contributed by atoms with Gasteiger partial charge in [0.05, 0.1) is 15.9 Å². The summed E-state index contributed by atoms with van der Waals surface area (Å²) in [6.45, 7) is 1.86. The maximum atomic E-state index is 13.7. The molecule has 0 radical (unpaired) electrons. The van der Waals surface area contributed by atoms with E-state index in [1.807, 2.05) is 43.3 Å². The largest absolute Gasteiger partial charge is 0.323 e. The molecule has 0 aliphatic heterocycles. The van der Waals surface area contributed by atoms with Gasteiger partial charge in [0.2, 0.25) is 0 Å². The summed E-state index contributed by atoms with van der Waals surface area (Å²) in [4.78, 5) is 16.8. The van der Waals surface area contributed by atoms with Crippen LogP contribution in [0.5, 0.6) is 0 Å². The highest BCUT2D eigenvalue weighted by Gasteiger charge is 2.11. The molecule has 0 aliphatic rings. The Balaban J connectivity index is 1.53. The van der Waals surface area contributed by atoms with Crippen molar-refractivity contribution in [1.82, 2.24) is 4.98 Å². The number of carbonyl (C=O) groups excluding carboxylic acids is 1. The van der Waals surface area contributed by atoms with Crippen LogP contribution in [0.4, 0.5) is 25.0 Å². The highest BCUT2D eigenvalue weighted by Crippen LogP contribution is 2.32. The number of nitrogens with one attached hydrogen (secondary N) is 2. The Morgan fingerprint density at radius 2 is 1.75 bits per heavy atom. The first-order valence-corrected chi connectivity index (χ1v) is 9.31. The highest BCUT2D eigenvalue weighted by molar-refractivity contribution is 7.21. The van der Waals surface area contributed by atoms with Gasteiger partial charge in [-0.1, -0.05) is 12.1 Å². The summed E-state index contributed by atoms with van der Waals surface area (Å²) < 4.78 is 28.0. The third-order valence-corrected chi connectivity index (χ3v) is 5.28. The van der Waals surface area contributed by atoms with Gasteiger partial charge in [0.15, 0.2) is 0 Å². The van der Waals surface area contributed by atoms with Crippen LogP contribution in [0.2, 0.25) is 0 Å². The molecule has 0 saturated heterocycles. The fourth-order valence-electron chi connectivity index (χ4n) is 2.80. The molecule has 2 amide bonds. The molecule has 2 N–H and O–H groups in total. The molecule has 0 saturated carbocycles. The van der Waals surface area contributed by atoms with Crippen molar-refractivity contribution in [1.29, 1.82) is 0 Å². The number of urea groups is 1. The molecule has 0 atom stereocenters. The molecule has 4 rings (SSSR count). The number of benzene rings is 3. The number of thiazole rings is 1. The number of carbonyl (C=O) groups is 1. The molecule has 28 heavy (non-hydrogen) atoms. The molecule has 0 unspecified atom stereocenters. The van der Waals surface area contributed by atoms with Crippen molar-refractivity contribution in [2.24, 2.45) is 0 Å². The molecule has 0 aliphatic carbocycles. The minimum atomic E-state index is -0.709. The zero-order valence-electron chi connectivity index (χ0n) is 14.8. The van der Waals surface area contributed by atoms with Gasteiger partial charge in [-0.15, -0.1) is 11.3 Å². The van der Waals surface area contributed by atoms with Gasteiger partial charge in [0.1, 0.15) is 16.6 Å². The number of hydrogen-bond acceptors (Lipinski definition) is 3. The van der Waals surface area contributed by atoms with Crippen LogP contribution in [0.3, 0.4) is 0 Å². The number of para-hydroxylation sites is 1. The van der Waals surface area contributed by atoms with Crippen LogP contribution in [0.1, 0.15) is 5.56 Å². The first kappa shape index (κ1) is 18.1. The first-order valence-electron chi connectivity index (χ1n) is 8.49. The average Bonchev–Trinajstić information content (AvgIpc) is 3.10. The summed E-state index contributed by atoms with van der Waals surface area (Å²) in [7, 11) is 0. The number of fused-ring (bicyclic) bond motifs is 1. The number of anilines is 2. The van der Waals surface area contributed by atoms with Crippen molar-refractivity contribution in [2.75, 3.05) is 10.6 Å². The predicted molar refractivity (Wildman–Crippen MR) is 109 cm³/mol. The van der Waals surface area contributed by atoms with Crippen LogP contribution < -0.4 is 10.6 Å². The number of amides is 2. The van der Waals surface area contributed by atoms with Gasteiger partial charge >= 0.3 is 6.03 Å². The van der Waals surface area contributed by atoms with E-state index in [1.165, 1.54) is 0 Å². The quantitative estimate of drug-likeness (QED) is 0.434. The number of rotatable bonds is 3. The van der Waals surface area contributed by atoms with E-state index in [0.29, 0.717) is 5.69 Å². The molecule has 1 aromatic heterocycles. The van der Waals surface area contributed by atoms with E-state index in [0.717, 1.165) is 44.6 Å². The fraction of sp³-hybridized carbons (Fsp3) is 0.0476. The number of nitrogens with zero attached hydrogens (tertiary/aromatic N) is 1. The Hall–Kier alpha value is -3.32. The average molecular weight is 395 g/mol. The molecule has 140 valence electrons. The lowest BCUT2D eigenvalue weighted by molar-refractivity contribution is 0.262. The van der Waals surface area contributed by atoms with Crippen molar-refractivity contribution in [3.63, 3.8) is 0 Å². The van der Waals surface area contributed by atoms with E-state index in [-0.39, 0.29) is 5.69 Å². The molecule has 4 aromatic rings. The first-order chi connectivity index (χ1) is 13.5. The zero-order valence-corrected chi connectivity index (χ0v) is 15.6. The molecular weight excluding hydrogens is 380 g/mol. The van der Waals surface area contributed by atoms with Gasteiger partial charge in [-0.05, 0) is 55.0 Å². The van der Waals surface area contributed by atoms with Gasteiger partial charge in [-0.25, -0.2) is 18.6 Å². The summed E-state index contributed by atoms with van der Waals surface area (Å²) in [6, 6.07) is 15.7. The SMILES string of the molecule is Cc1cc(-c2nc3ccccc3s2)ccc1NC(=O)Nc1cc(F)ccc1F. The van der Waals surface area contributed by atoms with Crippen molar-refractivity contribution in [3.8, 4) is 10.6 Å². The third kappa shape index (κ3) is 3.70. The molecule has 4 nitrogen and oxygen atoms in total. The maximum absolute atomic E-state index is 13.7. The Kier molecular flexibility index (Phi) is 4.75. The normalized spacial score (nSPS) is 10.8. The smallest absolute Gasteiger partial charge is 0.307 e. The molecule has 7 heteroatoms. The molecule has 0 spiro atoms. The molecular formula is C21H15F2N3OS. The standard InChI is InChI=1S/C21H15F2N3OS/c1-12-10-13(20-24-17-4-2-3-5-19(17)28-20)6-9-16(12)25-21(27)26-18-11-14(22)7-8-15(18)23/h2-11H,1H3,(H2,25,26,27). The van der Waals surface area contributed by atoms with E-state index < -0.39 is 17.7 Å². The van der Waals surface area contributed by atoms with Crippen molar-refractivity contribution >= 4 is 39.0 Å². The van der Waals surface area contributed by atoms with E-state index in [2.05, 4.69) is 15.6 Å². The second-order valence-electron chi connectivity index (χ2n) is 6.22. The maximum Gasteiger partial charge on any atom is 0.323 e.